The van der Waals surface area contributed by atoms with Gasteiger partial charge in [-0.25, -0.2) is 4.79 Å². The average molecular weight is 286 g/mol. The second-order valence-corrected chi connectivity index (χ2v) is 6.09. The molecular formula is C13H22N2O5. The van der Waals surface area contributed by atoms with Gasteiger partial charge in [0, 0.05) is 7.05 Å². The molecule has 7 nitrogen and oxygen atoms in total. The number of nitrogens with one attached hydrogen (secondary N) is 1. The second kappa shape index (κ2) is 5.40. The van der Waals surface area contributed by atoms with Crippen LogP contribution in [0.1, 0.15) is 34.1 Å². The van der Waals surface area contributed by atoms with E-state index in [-0.39, 0.29) is 12.3 Å². The van der Waals surface area contributed by atoms with Gasteiger partial charge in [-0.15, -0.1) is 0 Å². The molecule has 1 rings (SSSR count). The highest BCUT2D eigenvalue weighted by atomic mass is 16.6. The fourth-order valence-corrected chi connectivity index (χ4v) is 1.95. The Balaban J connectivity index is 2.97. The highest BCUT2D eigenvalue weighted by Crippen LogP contribution is 2.22. The highest BCUT2D eigenvalue weighted by molar-refractivity contribution is 5.93. The molecule has 0 bridgehead atoms. The Morgan fingerprint density at radius 3 is 2.40 bits per heavy atom. The van der Waals surface area contributed by atoms with E-state index in [0.717, 1.165) is 0 Å². The van der Waals surface area contributed by atoms with Gasteiger partial charge in [0.15, 0.2) is 6.17 Å². The van der Waals surface area contributed by atoms with Gasteiger partial charge in [0.1, 0.15) is 11.1 Å². The molecule has 0 aromatic carbocycles. The van der Waals surface area contributed by atoms with E-state index >= 15 is 0 Å². The average Bonchev–Trinajstić information content (AvgIpc) is 2.30. The lowest BCUT2D eigenvalue weighted by Gasteiger charge is -2.41. The maximum atomic E-state index is 12.1. The number of nitrogens with zero attached hydrogens (tertiary/aromatic N) is 1. The topological polar surface area (TPSA) is 84.9 Å². The predicted octanol–water partition coefficient (Wildman–Crippen LogP) is 0.0376. The molecule has 1 aliphatic rings. The van der Waals surface area contributed by atoms with Crippen LogP contribution in [0, 0.1) is 0 Å². The zero-order valence-electron chi connectivity index (χ0n) is 12.8. The van der Waals surface area contributed by atoms with Crippen molar-refractivity contribution in [2.75, 3.05) is 14.2 Å². The Hall–Kier alpha value is -1.63. The molecule has 114 valence electrons. The molecule has 0 saturated carbocycles. The molecule has 0 aromatic heterocycles. The van der Waals surface area contributed by atoms with Crippen LogP contribution in [0.25, 0.3) is 0 Å². The fourth-order valence-electron chi connectivity index (χ4n) is 1.95. The van der Waals surface area contributed by atoms with E-state index in [1.165, 1.54) is 26.0 Å². The van der Waals surface area contributed by atoms with E-state index in [2.05, 4.69) is 10.1 Å². The lowest BCUT2D eigenvalue weighted by Crippen LogP contribution is -2.68. The Bertz CT molecular complexity index is 429. The number of carbonyl (C=O) groups is 3. The summed E-state index contributed by atoms with van der Waals surface area (Å²) >= 11 is 0. The van der Waals surface area contributed by atoms with Crippen LogP contribution in [0.5, 0.6) is 0 Å². The molecule has 0 aromatic rings. The maximum absolute atomic E-state index is 12.1. The van der Waals surface area contributed by atoms with Gasteiger partial charge in [0.2, 0.25) is 5.91 Å². The molecule has 2 atom stereocenters. The zero-order chi connectivity index (χ0) is 15.7. The van der Waals surface area contributed by atoms with Crippen LogP contribution < -0.4 is 5.32 Å². The van der Waals surface area contributed by atoms with Gasteiger partial charge < -0.3 is 14.4 Å². The summed E-state index contributed by atoms with van der Waals surface area (Å²) in [6.07, 6.45) is -1.09. The van der Waals surface area contributed by atoms with E-state index in [0.29, 0.717) is 0 Å². The van der Waals surface area contributed by atoms with Crippen LogP contribution in [0.2, 0.25) is 0 Å². The van der Waals surface area contributed by atoms with Gasteiger partial charge in [-0.2, -0.15) is 0 Å². The first-order valence-electron chi connectivity index (χ1n) is 6.35. The number of esters is 2. The molecule has 1 unspecified atom stereocenters. The van der Waals surface area contributed by atoms with Crippen molar-refractivity contribution in [2.24, 2.45) is 0 Å². The summed E-state index contributed by atoms with van der Waals surface area (Å²) in [7, 11) is 2.72. The number of carbonyl (C=O) groups excluding carboxylic acids is 3. The van der Waals surface area contributed by atoms with Gasteiger partial charge in [-0.3, -0.25) is 14.9 Å². The first-order valence-corrected chi connectivity index (χ1v) is 6.35. The zero-order valence-corrected chi connectivity index (χ0v) is 12.8. The van der Waals surface area contributed by atoms with E-state index in [9.17, 15) is 14.4 Å². The SMILES string of the molecule is COC(=O)C1(C)CC(=O)N(C)[C@@H](C(=O)OC(C)(C)C)N1. The molecular weight excluding hydrogens is 264 g/mol. The molecule has 1 aliphatic heterocycles. The summed E-state index contributed by atoms with van der Waals surface area (Å²) < 4.78 is 9.94. The second-order valence-electron chi connectivity index (χ2n) is 6.09. The van der Waals surface area contributed by atoms with Crippen LogP contribution >= 0.6 is 0 Å². The molecule has 7 heteroatoms. The van der Waals surface area contributed by atoms with E-state index in [1.807, 2.05) is 0 Å². The molecule has 20 heavy (non-hydrogen) atoms. The fraction of sp³-hybridized carbons (Fsp3) is 0.769. The predicted molar refractivity (Wildman–Crippen MR) is 70.6 cm³/mol. The third kappa shape index (κ3) is 3.47. The van der Waals surface area contributed by atoms with Gasteiger partial charge in [0.05, 0.1) is 13.5 Å². The minimum atomic E-state index is -1.24. The number of hydrogen-bond donors (Lipinski definition) is 1. The Morgan fingerprint density at radius 2 is 1.95 bits per heavy atom. The molecule has 0 aliphatic carbocycles. The largest absolute Gasteiger partial charge is 0.468 e. The van der Waals surface area contributed by atoms with Crippen molar-refractivity contribution in [3.05, 3.63) is 0 Å². The van der Waals surface area contributed by atoms with Crippen molar-refractivity contribution < 1.29 is 23.9 Å². The number of methoxy groups -OCH3 is 1. The standard InChI is InChI=1S/C13H22N2O5/c1-12(2,3)20-10(17)9-14-13(4,11(18)19-6)7-8(16)15(9)5/h9,14H,7H2,1-6H3/t9-,13?/m0/s1. The molecule has 0 spiro atoms. The molecule has 1 amide bonds. The van der Waals surface area contributed by atoms with Crippen LogP contribution in [-0.2, 0) is 23.9 Å². The number of ether oxygens (including phenoxy) is 2. The van der Waals surface area contributed by atoms with Crippen LogP contribution in [0.3, 0.4) is 0 Å². The van der Waals surface area contributed by atoms with Gasteiger partial charge in [-0.05, 0) is 27.7 Å². The monoisotopic (exact) mass is 286 g/mol. The van der Waals surface area contributed by atoms with Gasteiger partial charge >= 0.3 is 11.9 Å². The molecule has 0 radical (unpaired) electrons. The maximum Gasteiger partial charge on any atom is 0.344 e. The van der Waals surface area contributed by atoms with Crippen molar-refractivity contribution in [3.8, 4) is 0 Å². The summed E-state index contributed by atoms with van der Waals surface area (Å²) in [5.41, 5.74) is -1.92. The lowest BCUT2D eigenvalue weighted by atomic mass is 9.93. The van der Waals surface area contributed by atoms with Crippen LogP contribution in [0.4, 0.5) is 0 Å². The summed E-state index contributed by atoms with van der Waals surface area (Å²) in [4.78, 5) is 37.1. The molecule has 1 saturated heterocycles. The third-order valence-electron chi connectivity index (χ3n) is 3.01. The summed E-state index contributed by atoms with van der Waals surface area (Å²) in [6.45, 7) is 6.72. The summed E-state index contributed by atoms with van der Waals surface area (Å²) in [5.74, 6) is -1.52. The van der Waals surface area contributed by atoms with Crippen molar-refractivity contribution >= 4 is 17.8 Å². The lowest BCUT2D eigenvalue weighted by molar-refractivity contribution is -0.173. The quantitative estimate of drug-likeness (QED) is 0.721. The number of likely N-dealkylation sites (N-methyl/N-ethyl adjacent to an activating group) is 1. The van der Waals surface area contributed by atoms with Crippen LogP contribution in [0.15, 0.2) is 0 Å². The van der Waals surface area contributed by atoms with Gasteiger partial charge in [0.25, 0.3) is 0 Å². The normalized spacial score (nSPS) is 27.2. The molecule has 1 N–H and O–H groups in total. The van der Waals surface area contributed by atoms with E-state index in [4.69, 9.17) is 4.74 Å². The third-order valence-corrected chi connectivity index (χ3v) is 3.01. The number of hydrogen-bond acceptors (Lipinski definition) is 6. The summed E-state index contributed by atoms with van der Waals surface area (Å²) in [5, 5.41) is 2.84. The minimum Gasteiger partial charge on any atom is -0.468 e. The first-order chi connectivity index (χ1) is 9.00. The van der Waals surface area contributed by atoms with E-state index in [1.54, 1.807) is 20.8 Å². The molecule has 1 heterocycles. The Labute approximate surface area is 118 Å². The smallest absolute Gasteiger partial charge is 0.344 e. The highest BCUT2D eigenvalue weighted by Gasteiger charge is 2.48. The van der Waals surface area contributed by atoms with Crippen LogP contribution in [-0.4, -0.2) is 54.2 Å². The first kappa shape index (κ1) is 16.4. The number of rotatable bonds is 2. The minimum absolute atomic E-state index is 0.0739. The van der Waals surface area contributed by atoms with Crippen molar-refractivity contribution in [2.45, 2.75) is 51.4 Å². The van der Waals surface area contributed by atoms with E-state index < -0.39 is 29.2 Å². The van der Waals surface area contributed by atoms with Crippen molar-refractivity contribution in [1.29, 1.82) is 0 Å². The Kier molecular flexibility index (Phi) is 4.43. The Morgan fingerprint density at radius 1 is 1.40 bits per heavy atom. The van der Waals surface area contributed by atoms with Crippen molar-refractivity contribution in [3.63, 3.8) is 0 Å². The molecule has 1 fully saturated rings. The van der Waals surface area contributed by atoms with Crippen molar-refractivity contribution in [1.82, 2.24) is 10.2 Å². The van der Waals surface area contributed by atoms with Gasteiger partial charge in [-0.1, -0.05) is 0 Å². The summed E-state index contributed by atoms with van der Waals surface area (Å²) in [6, 6.07) is 0. The number of amides is 1.